The number of hydrogen-bond donors (Lipinski definition) is 0. The Bertz CT molecular complexity index is 887. The standard InChI is InChI=1S/C24H23O4S2/c25-23(17-27-24-18-29-16-15-26-24)28-19-11-13-22(14-12-19)30(20-7-3-1-4-8-20)21-9-5-2-6-10-21/h1-14,24H,15-18H2/q+1. The highest BCUT2D eigenvalue weighted by Crippen LogP contribution is 2.31. The Hall–Kier alpha value is -2.25. The van der Waals surface area contributed by atoms with E-state index in [-0.39, 0.29) is 23.8 Å². The first kappa shape index (κ1) is 21.0. The van der Waals surface area contributed by atoms with E-state index >= 15 is 0 Å². The number of rotatable bonds is 7. The maximum Gasteiger partial charge on any atom is 0.337 e. The largest absolute Gasteiger partial charge is 0.425 e. The van der Waals surface area contributed by atoms with Gasteiger partial charge >= 0.3 is 5.97 Å². The van der Waals surface area contributed by atoms with E-state index in [1.807, 2.05) is 36.4 Å². The highest BCUT2D eigenvalue weighted by molar-refractivity contribution is 7.99. The van der Waals surface area contributed by atoms with Crippen molar-refractivity contribution in [1.29, 1.82) is 0 Å². The van der Waals surface area contributed by atoms with Crippen molar-refractivity contribution in [3.05, 3.63) is 84.9 Å². The van der Waals surface area contributed by atoms with Crippen molar-refractivity contribution in [3.63, 3.8) is 0 Å². The van der Waals surface area contributed by atoms with E-state index in [1.165, 1.54) is 9.79 Å². The number of hydrogen-bond acceptors (Lipinski definition) is 5. The lowest BCUT2D eigenvalue weighted by molar-refractivity contribution is -0.159. The second kappa shape index (κ2) is 10.7. The zero-order valence-corrected chi connectivity index (χ0v) is 18.1. The number of esters is 1. The molecular weight excluding hydrogens is 416 g/mol. The van der Waals surface area contributed by atoms with Gasteiger partial charge in [-0.1, -0.05) is 36.4 Å². The third-order valence-electron chi connectivity index (χ3n) is 4.42. The second-order valence-electron chi connectivity index (χ2n) is 6.56. The van der Waals surface area contributed by atoms with Gasteiger partial charge < -0.3 is 14.2 Å². The smallest absolute Gasteiger partial charge is 0.337 e. The minimum atomic E-state index is -0.424. The fraction of sp³-hybridized carbons (Fsp3) is 0.208. The fourth-order valence-corrected chi connectivity index (χ4v) is 5.90. The number of carbonyl (C=O) groups excluding carboxylic acids is 1. The van der Waals surface area contributed by atoms with Crippen LogP contribution in [0.4, 0.5) is 0 Å². The van der Waals surface area contributed by atoms with Crippen LogP contribution in [0.25, 0.3) is 0 Å². The van der Waals surface area contributed by atoms with Gasteiger partial charge in [-0.3, -0.25) is 0 Å². The van der Waals surface area contributed by atoms with Crippen LogP contribution in [-0.2, 0) is 25.2 Å². The molecule has 3 aromatic carbocycles. The van der Waals surface area contributed by atoms with E-state index in [9.17, 15) is 4.79 Å². The molecule has 0 spiro atoms. The van der Waals surface area contributed by atoms with Gasteiger partial charge in [0.2, 0.25) is 0 Å². The second-order valence-corrected chi connectivity index (χ2v) is 9.74. The van der Waals surface area contributed by atoms with Crippen LogP contribution < -0.4 is 4.74 Å². The number of ether oxygens (including phenoxy) is 3. The van der Waals surface area contributed by atoms with Gasteiger partial charge in [0.05, 0.1) is 17.5 Å². The lowest BCUT2D eigenvalue weighted by Crippen LogP contribution is -2.29. The van der Waals surface area contributed by atoms with Gasteiger partial charge in [0, 0.05) is 11.5 Å². The van der Waals surface area contributed by atoms with Crippen molar-refractivity contribution in [3.8, 4) is 5.75 Å². The van der Waals surface area contributed by atoms with Crippen molar-refractivity contribution < 1.29 is 19.0 Å². The van der Waals surface area contributed by atoms with E-state index < -0.39 is 5.97 Å². The summed E-state index contributed by atoms with van der Waals surface area (Å²) in [6, 6.07) is 28.6. The van der Waals surface area contributed by atoms with Crippen LogP contribution >= 0.6 is 11.8 Å². The Morgan fingerprint density at radius 2 is 1.50 bits per heavy atom. The summed E-state index contributed by atoms with van der Waals surface area (Å²) in [7, 11) is -0.226. The molecule has 1 fully saturated rings. The van der Waals surface area contributed by atoms with Crippen LogP contribution in [0.5, 0.6) is 5.75 Å². The summed E-state index contributed by atoms with van der Waals surface area (Å²) in [6.45, 7) is 0.530. The predicted molar refractivity (Wildman–Crippen MR) is 120 cm³/mol. The van der Waals surface area contributed by atoms with Gasteiger partial charge in [-0.2, -0.15) is 11.8 Å². The van der Waals surface area contributed by atoms with E-state index in [1.54, 1.807) is 11.8 Å². The van der Waals surface area contributed by atoms with E-state index in [0.717, 1.165) is 16.4 Å². The summed E-state index contributed by atoms with van der Waals surface area (Å²) in [5.41, 5.74) is 0. The SMILES string of the molecule is O=C(COC1CSCCO1)Oc1ccc([S+](c2ccccc2)c2ccccc2)cc1. The molecule has 0 aromatic heterocycles. The third kappa shape index (κ3) is 5.67. The lowest BCUT2D eigenvalue weighted by atomic mass is 10.3. The zero-order valence-electron chi connectivity index (χ0n) is 16.4. The van der Waals surface area contributed by atoms with Crippen LogP contribution in [0.15, 0.2) is 99.6 Å². The third-order valence-corrected chi connectivity index (χ3v) is 7.62. The topological polar surface area (TPSA) is 44.8 Å². The van der Waals surface area contributed by atoms with Gasteiger partial charge in [-0.05, 0) is 48.5 Å². The summed E-state index contributed by atoms with van der Waals surface area (Å²) in [6.07, 6.45) is -0.336. The van der Waals surface area contributed by atoms with Crippen LogP contribution in [0, 0.1) is 0 Å². The molecule has 0 aliphatic carbocycles. The Kier molecular flexibility index (Phi) is 7.48. The van der Waals surface area contributed by atoms with Gasteiger partial charge in [-0.15, -0.1) is 0 Å². The van der Waals surface area contributed by atoms with Crippen LogP contribution in [0.3, 0.4) is 0 Å². The highest BCUT2D eigenvalue weighted by atomic mass is 32.2. The highest BCUT2D eigenvalue weighted by Gasteiger charge is 2.28. The summed E-state index contributed by atoms with van der Waals surface area (Å²) in [4.78, 5) is 15.8. The minimum Gasteiger partial charge on any atom is -0.425 e. The van der Waals surface area contributed by atoms with Gasteiger partial charge in [0.15, 0.2) is 21.0 Å². The van der Waals surface area contributed by atoms with Crippen molar-refractivity contribution in [1.82, 2.24) is 0 Å². The fourth-order valence-electron chi connectivity index (χ4n) is 3.05. The maximum atomic E-state index is 12.1. The molecule has 1 atom stereocenters. The number of carbonyl (C=O) groups is 1. The molecule has 1 heterocycles. The molecule has 3 aromatic rings. The number of benzene rings is 3. The van der Waals surface area contributed by atoms with Gasteiger partial charge in [0.25, 0.3) is 0 Å². The molecule has 1 aliphatic heterocycles. The quantitative estimate of drug-likeness (QED) is 0.301. The first-order valence-electron chi connectivity index (χ1n) is 9.76. The Balaban J connectivity index is 1.43. The normalized spacial score (nSPS) is 16.4. The predicted octanol–water partition coefficient (Wildman–Crippen LogP) is 4.79. The lowest BCUT2D eigenvalue weighted by Gasteiger charge is -2.21. The maximum absolute atomic E-state index is 12.1. The average molecular weight is 440 g/mol. The first-order chi connectivity index (χ1) is 14.8. The summed E-state index contributed by atoms with van der Waals surface area (Å²) >= 11 is 1.76. The average Bonchev–Trinajstić information content (AvgIpc) is 2.81. The summed E-state index contributed by atoms with van der Waals surface area (Å²) in [5, 5.41) is 0. The molecular formula is C24H23O4S2+. The molecule has 154 valence electrons. The van der Waals surface area contributed by atoms with E-state index in [0.29, 0.717) is 12.4 Å². The molecule has 1 unspecified atom stereocenters. The molecule has 4 nitrogen and oxygen atoms in total. The molecule has 4 rings (SSSR count). The molecule has 0 saturated carbocycles. The number of thioether (sulfide) groups is 1. The molecule has 1 aliphatic rings. The summed E-state index contributed by atoms with van der Waals surface area (Å²) in [5.74, 6) is 1.79. The van der Waals surface area contributed by atoms with Crippen molar-refractivity contribution in [2.75, 3.05) is 24.7 Å². The van der Waals surface area contributed by atoms with Gasteiger partial charge in [0.1, 0.15) is 12.4 Å². The summed E-state index contributed by atoms with van der Waals surface area (Å²) < 4.78 is 16.4. The van der Waals surface area contributed by atoms with Gasteiger partial charge in [-0.25, -0.2) is 4.79 Å². The monoisotopic (exact) mass is 439 g/mol. The Labute approximate surface area is 183 Å². The molecule has 0 bridgehead atoms. The molecule has 0 N–H and O–H groups in total. The molecule has 0 amide bonds. The van der Waals surface area contributed by atoms with Crippen LogP contribution in [0.1, 0.15) is 0 Å². The molecule has 0 radical (unpaired) electrons. The van der Waals surface area contributed by atoms with E-state index in [4.69, 9.17) is 14.2 Å². The zero-order chi connectivity index (χ0) is 20.6. The van der Waals surface area contributed by atoms with Crippen molar-refractivity contribution in [2.24, 2.45) is 0 Å². The van der Waals surface area contributed by atoms with Crippen LogP contribution in [0.2, 0.25) is 0 Å². The first-order valence-corrected chi connectivity index (χ1v) is 12.1. The van der Waals surface area contributed by atoms with Crippen molar-refractivity contribution in [2.45, 2.75) is 21.0 Å². The molecule has 1 saturated heterocycles. The molecule has 30 heavy (non-hydrogen) atoms. The van der Waals surface area contributed by atoms with Crippen molar-refractivity contribution >= 4 is 28.6 Å². The van der Waals surface area contributed by atoms with Crippen LogP contribution in [-0.4, -0.2) is 37.0 Å². The minimum absolute atomic E-state index is 0.120. The van der Waals surface area contributed by atoms with E-state index in [2.05, 4.69) is 48.5 Å². The Morgan fingerprint density at radius 3 is 2.07 bits per heavy atom. The molecule has 6 heteroatoms. The Morgan fingerprint density at radius 1 is 0.900 bits per heavy atom.